The van der Waals surface area contributed by atoms with Crippen molar-refractivity contribution in [1.82, 2.24) is 24.5 Å². The van der Waals surface area contributed by atoms with Gasteiger partial charge in [0.15, 0.2) is 17.5 Å². The lowest BCUT2D eigenvalue weighted by molar-refractivity contribution is 1.08. The van der Waals surface area contributed by atoms with Crippen molar-refractivity contribution in [2.24, 2.45) is 0 Å². The molecule has 0 radical (unpaired) electrons. The zero-order valence-electron chi connectivity index (χ0n) is 31.0. The molecule has 0 unspecified atom stereocenters. The molecule has 0 atom stereocenters. The number of pyridine rings is 1. The van der Waals surface area contributed by atoms with E-state index in [4.69, 9.17) is 19.9 Å². The molecule has 0 saturated heterocycles. The predicted molar refractivity (Wildman–Crippen MR) is 242 cm³/mol. The van der Waals surface area contributed by atoms with Crippen LogP contribution in [0, 0.1) is 0 Å². The van der Waals surface area contributed by atoms with Crippen molar-refractivity contribution in [2.45, 2.75) is 0 Å². The Balaban J connectivity index is 1.20. The summed E-state index contributed by atoms with van der Waals surface area (Å²) in [5.74, 6) is 1.90. The number of thiophene rings is 1. The van der Waals surface area contributed by atoms with Crippen molar-refractivity contribution in [3.05, 3.63) is 188 Å². The molecule has 12 aromatic rings. The highest BCUT2D eigenvalue weighted by atomic mass is 32.1. The number of fused-ring (bicyclic) bond motifs is 10. The molecule has 0 amide bonds. The normalized spacial score (nSPS) is 11.8. The Morgan fingerprint density at radius 1 is 0.379 bits per heavy atom. The van der Waals surface area contributed by atoms with Crippen LogP contribution in [0.25, 0.3) is 115 Å². The third-order valence-electron chi connectivity index (χ3n) is 11.2. The number of nitrogens with zero attached hydrogens (tertiary/aromatic N) is 5. The molecule has 5 nitrogen and oxygen atoms in total. The quantitative estimate of drug-likeness (QED) is 0.164. The lowest BCUT2D eigenvalue weighted by Gasteiger charge is -2.15. The first-order valence-corrected chi connectivity index (χ1v) is 20.2. The van der Waals surface area contributed by atoms with Crippen LogP contribution in [0.15, 0.2) is 188 Å². The molecule has 12 rings (SSSR count). The van der Waals surface area contributed by atoms with Gasteiger partial charge in [-0.2, -0.15) is 0 Å². The van der Waals surface area contributed by atoms with E-state index in [2.05, 4.69) is 156 Å². The Morgan fingerprint density at radius 3 is 1.71 bits per heavy atom. The van der Waals surface area contributed by atoms with Gasteiger partial charge in [0, 0.05) is 75.0 Å². The van der Waals surface area contributed by atoms with Crippen LogP contribution in [0.3, 0.4) is 0 Å². The van der Waals surface area contributed by atoms with E-state index in [0.717, 1.165) is 60.1 Å². The minimum Gasteiger partial charge on any atom is -0.309 e. The lowest BCUT2D eigenvalue weighted by atomic mass is 9.93. The molecule has 6 heteroatoms. The van der Waals surface area contributed by atoms with Gasteiger partial charge in [-0.05, 0) is 48.5 Å². The highest BCUT2D eigenvalue weighted by Gasteiger charge is 2.23. The van der Waals surface area contributed by atoms with Crippen LogP contribution in [0.1, 0.15) is 0 Å². The Kier molecular flexibility index (Phi) is 7.33. The average molecular weight is 758 g/mol. The highest BCUT2D eigenvalue weighted by molar-refractivity contribution is 7.26. The molecular formula is C52H31N5S. The molecule has 0 spiro atoms. The second kappa shape index (κ2) is 13.0. The molecule has 0 aliphatic heterocycles. The topological polar surface area (TPSA) is 56.5 Å². The first-order valence-electron chi connectivity index (χ1n) is 19.4. The Hall–Kier alpha value is -7.54. The van der Waals surface area contributed by atoms with E-state index >= 15 is 0 Å². The van der Waals surface area contributed by atoms with Crippen molar-refractivity contribution in [3.63, 3.8) is 0 Å². The third-order valence-corrected chi connectivity index (χ3v) is 12.4. The highest BCUT2D eigenvalue weighted by Crippen LogP contribution is 2.48. The van der Waals surface area contributed by atoms with Crippen LogP contribution < -0.4 is 0 Å². The first-order chi connectivity index (χ1) is 28.8. The SMILES string of the molecule is c1ccc(-c2nc(-c3ccccc3)nc(-c3cc4c(-c5ccc6c(c5)c5ccccc5n6-c5ccccc5)nc5ccccc5c4c4c3sc3ccccc34)n2)cc1. The summed E-state index contributed by atoms with van der Waals surface area (Å²) < 4.78 is 4.71. The van der Waals surface area contributed by atoms with Crippen LogP contribution in [-0.4, -0.2) is 24.5 Å². The van der Waals surface area contributed by atoms with Gasteiger partial charge < -0.3 is 4.57 Å². The van der Waals surface area contributed by atoms with Gasteiger partial charge >= 0.3 is 0 Å². The second-order valence-electron chi connectivity index (χ2n) is 14.6. The van der Waals surface area contributed by atoms with Crippen LogP contribution in [0.4, 0.5) is 0 Å². The third kappa shape index (κ3) is 5.09. The van der Waals surface area contributed by atoms with Crippen LogP contribution in [0.2, 0.25) is 0 Å². The van der Waals surface area contributed by atoms with E-state index in [0.29, 0.717) is 17.5 Å². The fourth-order valence-electron chi connectivity index (χ4n) is 8.62. The van der Waals surface area contributed by atoms with Gasteiger partial charge in [0.05, 0.1) is 22.2 Å². The fraction of sp³-hybridized carbons (Fsp3) is 0. The van der Waals surface area contributed by atoms with E-state index in [-0.39, 0.29) is 0 Å². The smallest absolute Gasteiger partial charge is 0.165 e. The zero-order chi connectivity index (χ0) is 38.2. The Labute approximate surface area is 337 Å². The first kappa shape index (κ1) is 32.7. The van der Waals surface area contributed by atoms with E-state index in [1.54, 1.807) is 11.3 Å². The van der Waals surface area contributed by atoms with E-state index < -0.39 is 0 Å². The number of rotatable bonds is 5. The minimum atomic E-state index is 0.631. The molecular weight excluding hydrogens is 727 g/mol. The van der Waals surface area contributed by atoms with Crippen molar-refractivity contribution >= 4 is 75.0 Å². The van der Waals surface area contributed by atoms with Crippen LogP contribution >= 0.6 is 11.3 Å². The van der Waals surface area contributed by atoms with Crippen LogP contribution in [-0.2, 0) is 0 Å². The van der Waals surface area contributed by atoms with E-state index in [1.807, 2.05) is 36.4 Å². The summed E-state index contributed by atoms with van der Waals surface area (Å²) >= 11 is 1.79. The van der Waals surface area contributed by atoms with Crippen molar-refractivity contribution in [2.75, 3.05) is 0 Å². The standard InChI is InChI=1S/C52H31N5S/c1-4-16-32(17-5-1)50-54-51(33-18-6-2-7-19-33)56-52(55-50)41-31-40-46(47-38-24-12-15-27-45(38)58-49(41)47)37-23-10-13-25-42(37)53-48(40)34-28-29-44-39(30-34)36-22-11-14-26-43(36)57(44)35-20-8-3-9-21-35/h1-31H. The monoisotopic (exact) mass is 757 g/mol. The van der Waals surface area contributed by atoms with Crippen molar-refractivity contribution in [3.8, 4) is 51.1 Å². The largest absolute Gasteiger partial charge is 0.309 e. The number of hydrogen-bond donors (Lipinski definition) is 0. The maximum Gasteiger partial charge on any atom is 0.165 e. The molecule has 4 heterocycles. The number of benzene rings is 8. The number of aromatic nitrogens is 5. The zero-order valence-corrected chi connectivity index (χ0v) is 31.9. The van der Waals surface area contributed by atoms with Gasteiger partial charge in [-0.15, -0.1) is 11.3 Å². The summed E-state index contributed by atoms with van der Waals surface area (Å²) in [7, 11) is 0. The molecule has 0 aliphatic rings. The van der Waals surface area contributed by atoms with Gasteiger partial charge in [0.1, 0.15) is 0 Å². The molecule has 4 aromatic heterocycles. The van der Waals surface area contributed by atoms with Crippen molar-refractivity contribution < 1.29 is 0 Å². The Morgan fingerprint density at radius 2 is 0.966 bits per heavy atom. The van der Waals surface area contributed by atoms with Gasteiger partial charge in [-0.25, -0.2) is 19.9 Å². The van der Waals surface area contributed by atoms with Gasteiger partial charge in [0.25, 0.3) is 0 Å². The van der Waals surface area contributed by atoms with Gasteiger partial charge in [-0.3, -0.25) is 0 Å². The van der Waals surface area contributed by atoms with Gasteiger partial charge in [-0.1, -0.05) is 140 Å². The molecule has 0 N–H and O–H groups in total. The molecule has 270 valence electrons. The summed E-state index contributed by atoms with van der Waals surface area (Å²) in [6.45, 7) is 0. The number of para-hydroxylation sites is 3. The maximum absolute atomic E-state index is 5.51. The summed E-state index contributed by atoms with van der Waals surface area (Å²) in [6.07, 6.45) is 0. The molecule has 0 fully saturated rings. The molecule has 8 aromatic carbocycles. The fourth-order valence-corrected chi connectivity index (χ4v) is 9.84. The molecule has 0 aliphatic carbocycles. The molecule has 0 bridgehead atoms. The molecule has 0 saturated carbocycles. The summed E-state index contributed by atoms with van der Waals surface area (Å²) in [4.78, 5) is 21.1. The Bertz CT molecular complexity index is 3500. The van der Waals surface area contributed by atoms with E-state index in [9.17, 15) is 0 Å². The van der Waals surface area contributed by atoms with Crippen LogP contribution in [0.5, 0.6) is 0 Å². The average Bonchev–Trinajstić information content (AvgIpc) is 3.85. The van der Waals surface area contributed by atoms with Gasteiger partial charge in [0.2, 0.25) is 0 Å². The minimum absolute atomic E-state index is 0.631. The second-order valence-corrected chi connectivity index (χ2v) is 15.6. The van der Waals surface area contributed by atoms with Crippen molar-refractivity contribution in [1.29, 1.82) is 0 Å². The lowest BCUT2D eigenvalue weighted by Crippen LogP contribution is -2.00. The number of hydrogen-bond acceptors (Lipinski definition) is 5. The summed E-state index contributed by atoms with van der Waals surface area (Å²) in [5.41, 5.74) is 9.22. The maximum atomic E-state index is 5.51. The summed E-state index contributed by atoms with van der Waals surface area (Å²) in [6, 6.07) is 66.0. The van der Waals surface area contributed by atoms with E-state index in [1.165, 1.54) is 37.1 Å². The predicted octanol–water partition coefficient (Wildman–Crippen LogP) is 13.7. The summed E-state index contributed by atoms with van der Waals surface area (Å²) in [5, 5.41) is 8.14. The molecule has 58 heavy (non-hydrogen) atoms.